The van der Waals surface area contributed by atoms with E-state index < -0.39 is 10.0 Å². The lowest BCUT2D eigenvalue weighted by Crippen LogP contribution is -2.26. The van der Waals surface area contributed by atoms with Gasteiger partial charge in [-0.15, -0.1) is 0 Å². The first-order valence-electron chi connectivity index (χ1n) is 7.43. The highest BCUT2D eigenvalue weighted by atomic mass is 32.2. The average Bonchev–Trinajstić information content (AvgIpc) is 2.93. The molecule has 0 radical (unpaired) electrons. The van der Waals surface area contributed by atoms with Gasteiger partial charge in [0, 0.05) is 7.05 Å². The van der Waals surface area contributed by atoms with Crippen molar-refractivity contribution in [2.75, 3.05) is 18.5 Å². The van der Waals surface area contributed by atoms with Crippen molar-refractivity contribution < 1.29 is 13.2 Å². The molecule has 0 aliphatic rings. The van der Waals surface area contributed by atoms with Crippen LogP contribution in [0.25, 0.3) is 11.0 Å². The lowest BCUT2D eigenvalue weighted by Gasteiger charge is -2.20. The predicted octanol–water partition coefficient (Wildman–Crippen LogP) is 3.01. The van der Waals surface area contributed by atoms with Gasteiger partial charge in [-0.25, -0.2) is 13.4 Å². The molecule has 0 atom stereocenters. The first kappa shape index (κ1) is 16.3. The normalized spacial score (nSPS) is 11.7. The van der Waals surface area contributed by atoms with E-state index >= 15 is 0 Å². The van der Waals surface area contributed by atoms with Gasteiger partial charge in [0.15, 0.2) is 0 Å². The zero-order valence-electron chi connectivity index (χ0n) is 14.0. The monoisotopic (exact) mass is 345 g/mol. The third-order valence-corrected chi connectivity index (χ3v) is 5.75. The molecule has 3 aromatic rings. The summed E-state index contributed by atoms with van der Waals surface area (Å²) in [5.41, 5.74) is 2.95. The number of ether oxygens (including phenoxy) is 1. The number of aryl methyl sites for hydroxylation is 2. The average molecular weight is 345 g/mol. The Bertz CT molecular complexity index is 1010. The van der Waals surface area contributed by atoms with Crippen LogP contribution in [0.2, 0.25) is 0 Å². The van der Waals surface area contributed by atoms with Crippen LogP contribution < -0.4 is 9.04 Å². The molecular formula is C17H19N3O3S. The number of methoxy groups -OCH3 is 1. The molecule has 0 aliphatic heterocycles. The summed E-state index contributed by atoms with van der Waals surface area (Å²) in [6.07, 6.45) is 0. The van der Waals surface area contributed by atoms with E-state index in [0.717, 1.165) is 22.4 Å². The second kappa shape index (κ2) is 5.83. The Kier molecular flexibility index (Phi) is 3.96. The summed E-state index contributed by atoms with van der Waals surface area (Å²) in [5.74, 6) is 1.45. The number of nitrogens with zero attached hydrogens (tertiary/aromatic N) is 2. The second-order valence-electron chi connectivity index (χ2n) is 5.63. The van der Waals surface area contributed by atoms with E-state index in [0.29, 0.717) is 11.4 Å². The fourth-order valence-electron chi connectivity index (χ4n) is 2.63. The van der Waals surface area contributed by atoms with Crippen molar-refractivity contribution in [3.8, 4) is 5.75 Å². The highest BCUT2D eigenvalue weighted by Crippen LogP contribution is 2.27. The minimum Gasteiger partial charge on any atom is -0.496 e. The van der Waals surface area contributed by atoms with Gasteiger partial charge in [0.1, 0.15) is 11.6 Å². The van der Waals surface area contributed by atoms with Crippen molar-refractivity contribution >= 4 is 26.7 Å². The molecule has 24 heavy (non-hydrogen) atoms. The number of hydrogen-bond acceptors (Lipinski definition) is 4. The number of sulfonamides is 1. The number of aromatic nitrogens is 2. The van der Waals surface area contributed by atoms with E-state index in [9.17, 15) is 8.42 Å². The van der Waals surface area contributed by atoms with Gasteiger partial charge in [0.25, 0.3) is 10.0 Å². The molecule has 0 aliphatic carbocycles. The molecule has 0 bridgehead atoms. The van der Waals surface area contributed by atoms with Crippen molar-refractivity contribution in [3.63, 3.8) is 0 Å². The molecule has 0 spiro atoms. The molecule has 0 saturated heterocycles. The van der Waals surface area contributed by atoms with Gasteiger partial charge in [-0.1, -0.05) is 0 Å². The van der Waals surface area contributed by atoms with E-state index in [1.807, 2.05) is 13.8 Å². The molecule has 3 rings (SSSR count). The van der Waals surface area contributed by atoms with Gasteiger partial charge in [0.2, 0.25) is 0 Å². The van der Waals surface area contributed by atoms with Gasteiger partial charge < -0.3 is 9.72 Å². The van der Waals surface area contributed by atoms with Crippen LogP contribution in [0.5, 0.6) is 5.75 Å². The molecule has 1 aromatic heterocycles. The number of benzene rings is 2. The maximum Gasteiger partial charge on any atom is 0.264 e. The van der Waals surface area contributed by atoms with Crippen LogP contribution in [0.15, 0.2) is 41.3 Å². The molecule has 2 aromatic carbocycles. The first-order chi connectivity index (χ1) is 11.3. The van der Waals surface area contributed by atoms with Crippen LogP contribution in [0.4, 0.5) is 5.69 Å². The summed E-state index contributed by atoms with van der Waals surface area (Å²) in [5, 5.41) is 0. The number of aromatic amines is 1. The van der Waals surface area contributed by atoms with Crippen LogP contribution in [0.3, 0.4) is 0 Å². The fourth-order valence-corrected chi connectivity index (χ4v) is 3.90. The number of H-pyrrole nitrogens is 1. The van der Waals surface area contributed by atoms with Crippen molar-refractivity contribution in [1.82, 2.24) is 9.97 Å². The minimum absolute atomic E-state index is 0.226. The smallest absolute Gasteiger partial charge is 0.264 e. The molecule has 0 fully saturated rings. The summed E-state index contributed by atoms with van der Waals surface area (Å²) in [6.45, 7) is 3.68. The van der Waals surface area contributed by atoms with Crippen molar-refractivity contribution in [1.29, 1.82) is 0 Å². The molecule has 1 heterocycles. The SMILES string of the molecule is COc1ccc(S(=O)(=O)N(C)c2ccc3nc(C)[nH]c3c2)cc1C. The highest BCUT2D eigenvalue weighted by Gasteiger charge is 2.22. The number of hydrogen-bond donors (Lipinski definition) is 1. The molecule has 0 unspecified atom stereocenters. The molecule has 126 valence electrons. The van der Waals surface area contributed by atoms with Crippen LogP contribution in [0.1, 0.15) is 11.4 Å². The largest absolute Gasteiger partial charge is 0.496 e. The summed E-state index contributed by atoms with van der Waals surface area (Å²) in [4.78, 5) is 7.67. The third kappa shape index (κ3) is 2.71. The fraction of sp³-hybridized carbons (Fsp3) is 0.235. The topological polar surface area (TPSA) is 75.3 Å². The summed E-state index contributed by atoms with van der Waals surface area (Å²) >= 11 is 0. The third-order valence-electron chi connectivity index (χ3n) is 3.97. The van der Waals surface area contributed by atoms with Crippen LogP contribution in [-0.4, -0.2) is 32.5 Å². The molecule has 0 saturated carbocycles. The number of rotatable bonds is 4. The van der Waals surface area contributed by atoms with E-state index in [4.69, 9.17) is 4.74 Å². The van der Waals surface area contributed by atoms with Gasteiger partial charge in [-0.3, -0.25) is 4.31 Å². The number of anilines is 1. The summed E-state index contributed by atoms with van der Waals surface area (Å²) in [7, 11) is -0.557. The summed E-state index contributed by atoms with van der Waals surface area (Å²) in [6, 6.07) is 10.2. The second-order valence-corrected chi connectivity index (χ2v) is 7.60. The van der Waals surface area contributed by atoms with Crippen LogP contribution in [0, 0.1) is 13.8 Å². The van der Waals surface area contributed by atoms with E-state index in [2.05, 4.69) is 9.97 Å². The lowest BCUT2D eigenvalue weighted by molar-refractivity contribution is 0.411. The Morgan fingerprint density at radius 3 is 2.54 bits per heavy atom. The van der Waals surface area contributed by atoms with Crippen LogP contribution >= 0.6 is 0 Å². The van der Waals surface area contributed by atoms with E-state index in [1.165, 1.54) is 4.31 Å². The molecule has 0 amide bonds. The first-order valence-corrected chi connectivity index (χ1v) is 8.87. The van der Waals surface area contributed by atoms with Gasteiger partial charge >= 0.3 is 0 Å². The maximum absolute atomic E-state index is 12.9. The molecule has 7 heteroatoms. The number of fused-ring (bicyclic) bond motifs is 1. The molecule has 6 nitrogen and oxygen atoms in total. The quantitative estimate of drug-likeness (QED) is 0.789. The number of imidazole rings is 1. The maximum atomic E-state index is 12.9. The zero-order valence-corrected chi connectivity index (χ0v) is 14.8. The Balaban J connectivity index is 2.02. The zero-order chi connectivity index (χ0) is 17.5. The van der Waals surface area contributed by atoms with Gasteiger partial charge in [0.05, 0.1) is 28.7 Å². The molecule has 1 N–H and O–H groups in total. The van der Waals surface area contributed by atoms with E-state index in [-0.39, 0.29) is 4.90 Å². The Hall–Kier alpha value is -2.54. The summed E-state index contributed by atoms with van der Waals surface area (Å²) < 4.78 is 32.2. The Morgan fingerprint density at radius 2 is 1.88 bits per heavy atom. The van der Waals surface area contributed by atoms with Gasteiger partial charge in [-0.2, -0.15) is 0 Å². The number of nitrogens with one attached hydrogen (secondary N) is 1. The minimum atomic E-state index is -3.66. The Morgan fingerprint density at radius 1 is 1.12 bits per heavy atom. The standard InChI is InChI=1S/C17H19N3O3S/c1-11-9-14(6-8-17(11)23-4)24(21,22)20(3)13-5-7-15-16(10-13)19-12(2)18-15/h5-10H,1-4H3,(H,18,19). The molecular weight excluding hydrogens is 326 g/mol. The van der Waals surface area contributed by atoms with Crippen molar-refractivity contribution in [2.24, 2.45) is 0 Å². The Labute approximate surface area is 141 Å². The van der Waals surface area contributed by atoms with Crippen molar-refractivity contribution in [2.45, 2.75) is 18.7 Å². The van der Waals surface area contributed by atoms with E-state index in [1.54, 1.807) is 50.6 Å². The predicted molar refractivity (Wildman–Crippen MR) is 94.2 cm³/mol. The highest BCUT2D eigenvalue weighted by molar-refractivity contribution is 7.92. The van der Waals surface area contributed by atoms with Crippen molar-refractivity contribution in [3.05, 3.63) is 47.8 Å². The van der Waals surface area contributed by atoms with Gasteiger partial charge in [-0.05, 0) is 55.8 Å². The lowest BCUT2D eigenvalue weighted by atomic mass is 10.2. The van der Waals surface area contributed by atoms with Crippen LogP contribution in [-0.2, 0) is 10.0 Å².